The van der Waals surface area contributed by atoms with E-state index in [0.717, 1.165) is 29.9 Å². The Morgan fingerprint density at radius 1 is 1.14 bits per heavy atom. The van der Waals surface area contributed by atoms with E-state index in [1.54, 1.807) is 18.0 Å². The van der Waals surface area contributed by atoms with Gasteiger partial charge in [0.25, 0.3) is 5.91 Å². The normalized spacial score (nSPS) is 13.1. The summed E-state index contributed by atoms with van der Waals surface area (Å²) in [7, 11) is 0. The monoisotopic (exact) mass is 423 g/mol. The number of thiazole rings is 1. The van der Waals surface area contributed by atoms with E-state index < -0.39 is 0 Å². The molecule has 2 heterocycles. The number of aryl methyl sites for hydroxylation is 3. The van der Waals surface area contributed by atoms with Crippen molar-refractivity contribution in [3.63, 3.8) is 0 Å². The third-order valence-electron chi connectivity index (χ3n) is 4.99. The highest BCUT2D eigenvalue weighted by Gasteiger charge is 2.14. The van der Waals surface area contributed by atoms with Crippen molar-refractivity contribution >= 4 is 29.0 Å². The quantitative estimate of drug-likeness (QED) is 0.406. The van der Waals surface area contributed by atoms with Crippen molar-refractivity contribution in [1.82, 2.24) is 15.3 Å². The largest absolute Gasteiger partial charge is 0.352 e. The second kappa shape index (κ2) is 10.0. The van der Waals surface area contributed by atoms with Crippen LogP contribution in [0.2, 0.25) is 0 Å². The Hall–Kier alpha value is -2.18. The lowest BCUT2D eigenvalue weighted by molar-refractivity contribution is 0.0953. The highest BCUT2D eigenvalue weighted by atomic mass is 32.2. The number of nitrogens with one attached hydrogen (secondary N) is 1. The fraction of sp³-hybridized carbons (Fsp3) is 0.348. The van der Waals surface area contributed by atoms with Crippen LogP contribution >= 0.6 is 23.1 Å². The molecule has 29 heavy (non-hydrogen) atoms. The van der Waals surface area contributed by atoms with Crippen molar-refractivity contribution in [1.29, 1.82) is 0 Å². The van der Waals surface area contributed by atoms with Gasteiger partial charge in [-0.3, -0.25) is 9.78 Å². The number of pyridine rings is 1. The molecular formula is C23H25N3OS2. The van der Waals surface area contributed by atoms with Gasteiger partial charge >= 0.3 is 0 Å². The van der Waals surface area contributed by atoms with E-state index >= 15 is 0 Å². The molecule has 0 saturated heterocycles. The van der Waals surface area contributed by atoms with E-state index in [-0.39, 0.29) is 5.91 Å². The highest BCUT2D eigenvalue weighted by Crippen LogP contribution is 2.27. The summed E-state index contributed by atoms with van der Waals surface area (Å²) < 4.78 is 0. The van der Waals surface area contributed by atoms with Crippen LogP contribution in [0.4, 0.5) is 0 Å². The fourth-order valence-corrected chi connectivity index (χ4v) is 5.44. The molecule has 1 N–H and O–H groups in total. The summed E-state index contributed by atoms with van der Waals surface area (Å²) in [6.45, 7) is 0.681. The second-order valence-corrected chi connectivity index (χ2v) is 9.44. The van der Waals surface area contributed by atoms with E-state index in [4.69, 9.17) is 4.98 Å². The summed E-state index contributed by atoms with van der Waals surface area (Å²) >= 11 is 3.61. The molecule has 0 spiro atoms. The Morgan fingerprint density at radius 2 is 2.00 bits per heavy atom. The fourth-order valence-electron chi connectivity index (χ4n) is 3.41. The predicted octanol–water partition coefficient (Wildman–Crippen LogP) is 5.07. The van der Waals surface area contributed by atoms with E-state index in [1.165, 1.54) is 40.4 Å². The van der Waals surface area contributed by atoms with Gasteiger partial charge in [0.05, 0.1) is 10.7 Å². The number of nitrogens with zero attached hydrogens (tertiary/aromatic N) is 2. The molecule has 1 aliphatic carbocycles. The Bertz CT molecular complexity index is 915. The van der Waals surface area contributed by atoms with Gasteiger partial charge in [-0.15, -0.1) is 23.1 Å². The molecule has 150 valence electrons. The summed E-state index contributed by atoms with van der Waals surface area (Å²) in [6, 6.07) is 11.8. The van der Waals surface area contributed by atoms with Gasteiger partial charge < -0.3 is 5.32 Å². The summed E-state index contributed by atoms with van der Waals surface area (Å²) in [4.78, 5) is 23.9. The number of aromatic nitrogens is 2. The lowest BCUT2D eigenvalue weighted by atomic mass is 10.0. The molecule has 3 aromatic rings. The molecule has 1 aromatic carbocycles. The number of rotatable bonds is 8. The van der Waals surface area contributed by atoms with Gasteiger partial charge in [0.1, 0.15) is 0 Å². The Morgan fingerprint density at radius 3 is 2.79 bits per heavy atom. The van der Waals surface area contributed by atoms with Crippen LogP contribution in [-0.2, 0) is 25.0 Å². The van der Waals surface area contributed by atoms with Gasteiger partial charge in [0.15, 0.2) is 0 Å². The van der Waals surface area contributed by atoms with Crippen LogP contribution in [0.3, 0.4) is 0 Å². The number of amides is 1. The van der Waals surface area contributed by atoms with Crippen molar-refractivity contribution in [2.24, 2.45) is 0 Å². The van der Waals surface area contributed by atoms with Crippen molar-refractivity contribution < 1.29 is 4.79 Å². The highest BCUT2D eigenvalue weighted by molar-refractivity contribution is 7.98. The number of carbonyl (C=O) groups is 1. The van der Waals surface area contributed by atoms with Crippen LogP contribution in [-0.4, -0.2) is 22.4 Å². The molecule has 0 fully saturated rings. The minimum atomic E-state index is -0.00718. The van der Waals surface area contributed by atoms with Crippen molar-refractivity contribution in [3.8, 4) is 0 Å². The number of hydrogen-bond acceptors (Lipinski definition) is 5. The summed E-state index contributed by atoms with van der Waals surface area (Å²) in [5, 5.41) is 4.25. The van der Waals surface area contributed by atoms with E-state index in [2.05, 4.69) is 16.4 Å². The second-order valence-electron chi connectivity index (χ2n) is 7.22. The minimum Gasteiger partial charge on any atom is -0.352 e. The zero-order chi connectivity index (χ0) is 19.9. The van der Waals surface area contributed by atoms with Gasteiger partial charge in [-0.2, -0.15) is 0 Å². The maximum absolute atomic E-state index is 12.4. The van der Waals surface area contributed by atoms with Crippen LogP contribution in [0.1, 0.15) is 50.8 Å². The molecule has 0 bridgehead atoms. The first kappa shape index (κ1) is 20.1. The Balaban J connectivity index is 1.20. The van der Waals surface area contributed by atoms with Gasteiger partial charge in [0, 0.05) is 46.4 Å². The molecule has 0 atom stereocenters. The van der Waals surface area contributed by atoms with Gasteiger partial charge in [-0.1, -0.05) is 6.07 Å². The maximum Gasteiger partial charge on any atom is 0.251 e. The summed E-state index contributed by atoms with van der Waals surface area (Å²) in [6.07, 6.45) is 10.4. The Labute approximate surface area is 180 Å². The topological polar surface area (TPSA) is 54.9 Å². The molecule has 0 aliphatic heterocycles. The molecule has 1 aliphatic rings. The smallest absolute Gasteiger partial charge is 0.251 e. The average Bonchev–Trinajstić information content (AvgIpc) is 3.19. The van der Waals surface area contributed by atoms with Crippen LogP contribution in [0.25, 0.3) is 0 Å². The minimum absolute atomic E-state index is 0.00718. The van der Waals surface area contributed by atoms with Crippen LogP contribution < -0.4 is 5.32 Å². The number of carbonyl (C=O) groups excluding carboxylic acids is 1. The lowest BCUT2D eigenvalue weighted by Gasteiger charge is -2.06. The molecule has 1 amide bonds. The number of fused-ring (bicyclic) bond motifs is 1. The third kappa shape index (κ3) is 5.67. The van der Waals surface area contributed by atoms with Crippen molar-refractivity contribution in [2.75, 3.05) is 6.54 Å². The van der Waals surface area contributed by atoms with Crippen LogP contribution in [0, 0.1) is 0 Å². The van der Waals surface area contributed by atoms with Gasteiger partial charge in [-0.05, 0) is 68.0 Å². The summed E-state index contributed by atoms with van der Waals surface area (Å²) in [5.74, 6) is 0.867. The van der Waals surface area contributed by atoms with Crippen LogP contribution in [0.5, 0.6) is 0 Å². The summed E-state index contributed by atoms with van der Waals surface area (Å²) in [5.41, 5.74) is 3.22. The van der Waals surface area contributed by atoms with E-state index in [1.807, 2.05) is 47.9 Å². The third-order valence-corrected chi connectivity index (χ3v) is 7.29. The first-order valence-corrected chi connectivity index (χ1v) is 12.0. The molecule has 0 saturated carbocycles. The molecule has 4 rings (SSSR count). The Kier molecular flexibility index (Phi) is 6.96. The average molecular weight is 424 g/mol. The number of benzene rings is 1. The SMILES string of the molecule is O=C(NCCCc1nc2c(s1)CCCC2)c1ccc(SCc2cccnc2)cc1. The zero-order valence-corrected chi connectivity index (χ0v) is 18.0. The van der Waals surface area contributed by atoms with E-state index in [0.29, 0.717) is 12.1 Å². The number of thioether (sulfide) groups is 1. The first-order valence-electron chi connectivity index (χ1n) is 10.2. The first-order chi connectivity index (χ1) is 14.3. The molecule has 6 heteroatoms. The van der Waals surface area contributed by atoms with Crippen molar-refractivity contribution in [3.05, 3.63) is 75.5 Å². The van der Waals surface area contributed by atoms with Crippen molar-refractivity contribution in [2.45, 2.75) is 49.2 Å². The molecule has 0 radical (unpaired) electrons. The zero-order valence-electron chi connectivity index (χ0n) is 16.4. The van der Waals surface area contributed by atoms with Crippen LogP contribution in [0.15, 0.2) is 53.7 Å². The number of hydrogen-bond donors (Lipinski definition) is 1. The predicted molar refractivity (Wildman–Crippen MR) is 120 cm³/mol. The molecule has 4 nitrogen and oxygen atoms in total. The lowest BCUT2D eigenvalue weighted by Crippen LogP contribution is -2.24. The van der Waals surface area contributed by atoms with E-state index in [9.17, 15) is 4.79 Å². The molecule has 0 unspecified atom stereocenters. The standard InChI is InChI=1S/C23H25N3OS2/c27-23(25-14-4-8-22-26-20-6-1-2-7-21(20)29-22)18-9-11-19(12-10-18)28-16-17-5-3-13-24-15-17/h3,5,9-13,15H,1-2,4,6-8,14,16H2,(H,25,27). The molecule has 2 aromatic heterocycles. The van der Waals surface area contributed by atoms with Gasteiger partial charge in [-0.25, -0.2) is 4.98 Å². The molecular weight excluding hydrogens is 398 g/mol. The van der Waals surface area contributed by atoms with Gasteiger partial charge in [0.2, 0.25) is 0 Å². The maximum atomic E-state index is 12.4.